The molecule has 1 aliphatic carbocycles. The summed E-state index contributed by atoms with van der Waals surface area (Å²) in [6.45, 7) is 5.12. The van der Waals surface area contributed by atoms with Gasteiger partial charge >= 0.3 is 0 Å². The summed E-state index contributed by atoms with van der Waals surface area (Å²) in [5, 5.41) is 7.24. The molecule has 1 amide bonds. The molecule has 5 heteroatoms. The Hall–Kier alpha value is -1.36. The van der Waals surface area contributed by atoms with Gasteiger partial charge in [0, 0.05) is 31.6 Å². The summed E-state index contributed by atoms with van der Waals surface area (Å²) in [6.07, 6.45) is 3.06. The summed E-state index contributed by atoms with van der Waals surface area (Å²) >= 11 is 0. The van der Waals surface area contributed by atoms with Crippen LogP contribution in [0.1, 0.15) is 36.3 Å². The largest absolute Gasteiger partial charge is 0.361 e. The van der Waals surface area contributed by atoms with Gasteiger partial charge in [-0.15, -0.1) is 0 Å². The van der Waals surface area contributed by atoms with E-state index in [1.54, 1.807) is 4.90 Å². The molecule has 1 fully saturated rings. The molecule has 0 aliphatic heterocycles. The molecule has 1 N–H and O–H groups in total. The number of aromatic nitrogens is 1. The second-order valence-electron chi connectivity index (χ2n) is 5.03. The van der Waals surface area contributed by atoms with Crippen molar-refractivity contribution in [3.8, 4) is 0 Å². The molecule has 100 valence electrons. The lowest BCUT2D eigenvalue weighted by Crippen LogP contribution is -2.30. The molecule has 1 aromatic rings. The van der Waals surface area contributed by atoms with Crippen LogP contribution in [0.5, 0.6) is 0 Å². The van der Waals surface area contributed by atoms with Crippen molar-refractivity contribution in [3.05, 3.63) is 17.0 Å². The zero-order valence-electron chi connectivity index (χ0n) is 11.3. The van der Waals surface area contributed by atoms with E-state index in [-0.39, 0.29) is 5.91 Å². The minimum absolute atomic E-state index is 0.156. The van der Waals surface area contributed by atoms with E-state index >= 15 is 0 Å². The van der Waals surface area contributed by atoms with Crippen molar-refractivity contribution in [1.29, 1.82) is 0 Å². The van der Waals surface area contributed by atoms with Gasteiger partial charge in [-0.05, 0) is 26.7 Å². The first-order chi connectivity index (χ1) is 8.58. The van der Waals surface area contributed by atoms with E-state index in [2.05, 4.69) is 10.5 Å². The van der Waals surface area contributed by atoms with Gasteiger partial charge in [0.15, 0.2) is 0 Å². The van der Waals surface area contributed by atoms with Gasteiger partial charge in [-0.1, -0.05) is 5.16 Å². The standard InChI is InChI=1S/C13H21N3O2/c1-9-12(10(2)18-15-9)8-16(3)13(17)6-7-14-11-4-5-11/h11,14H,4-8H2,1-3H3. The summed E-state index contributed by atoms with van der Waals surface area (Å²) in [5.74, 6) is 0.950. The van der Waals surface area contributed by atoms with Crippen LogP contribution >= 0.6 is 0 Å². The Labute approximate surface area is 108 Å². The lowest BCUT2D eigenvalue weighted by atomic mass is 10.2. The molecule has 0 aromatic carbocycles. The molecule has 0 saturated heterocycles. The molecule has 0 spiro atoms. The second kappa shape index (κ2) is 5.52. The monoisotopic (exact) mass is 251 g/mol. The summed E-state index contributed by atoms with van der Waals surface area (Å²) < 4.78 is 5.10. The fourth-order valence-electron chi connectivity index (χ4n) is 1.91. The molecular formula is C13H21N3O2. The smallest absolute Gasteiger partial charge is 0.223 e. The zero-order chi connectivity index (χ0) is 13.1. The van der Waals surface area contributed by atoms with Crippen molar-refractivity contribution in [3.63, 3.8) is 0 Å². The molecule has 1 saturated carbocycles. The number of hydrogen-bond acceptors (Lipinski definition) is 4. The molecule has 18 heavy (non-hydrogen) atoms. The number of amides is 1. The van der Waals surface area contributed by atoms with E-state index in [4.69, 9.17) is 4.52 Å². The number of hydrogen-bond donors (Lipinski definition) is 1. The molecule has 1 aromatic heterocycles. The molecule has 2 rings (SSSR count). The lowest BCUT2D eigenvalue weighted by molar-refractivity contribution is -0.130. The lowest BCUT2D eigenvalue weighted by Gasteiger charge is -2.17. The van der Waals surface area contributed by atoms with Crippen LogP contribution in [-0.4, -0.2) is 35.6 Å². The SMILES string of the molecule is Cc1noc(C)c1CN(C)C(=O)CCNC1CC1. The van der Waals surface area contributed by atoms with Gasteiger partial charge in [0.25, 0.3) is 0 Å². The molecule has 0 unspecified atom stereocenters. The van der Waals surface area contributed by atoms with Gasteiger partial charge in [-0.3, -0.25) is 4.79 Å². The quantitative estimate of drug-likeness (QED) is 0.830. The minimum atomic E-state index is 0.156. The molecule has 0 radical (unpaired) electrons. The zero-order valence-corrected chi connectivity index (χ0v) is 11.3. The predicted octanol–water partition coefficient (Wildman–Crippen LogP) is 1.39. The van der Waals surface area contributed by atoms with Gasteiger partial charge in [-0.25, -0.2) is 0 Å². The Morgan fingerprint density at radius 1 is 1.50 bits per heavy atom. The van der Waals surface area contributed by atoms with Crippen molar-refractivity contribution in [1.82, 2.24) is 15.4 Å². The molecule has 5 nitrogen and oxygen atoms in total. The number of nitrogens with zero attached hydrogens (tertiary/aromatic N) is 2. The maximum absolute atomic E-state index is 11.9. The first-order valence-corrected chi connectivity index (χ1v) is 6.47. The van der Waals surface area contributed by atoms with E-state index < -0.39 is 0 Å². The Kier molecular flexibility index (Phi) is 4.01. The van der Waals surface area contributed by atoms with Crippen molar-refractivity contribution in [2.45, 2.75) is 45.7 Å². The van der Waals surface area contributed by atoms with Crippen molar-refractivity contribution >= 4 is 5.91 Å². The topological polar surface area (TPSA) is 58.4 Å². The van der Waals surface area contributed by atoms with Gasteiger partial charge < -0.3 is 14.7 Å². The second-order valence-corrected chi connectivity index (χ2v) is 5.03. The summed E-state index contributed by atoms with van der Waals surface area (Å²) in [6, 6.07) is 0.658. The van der Waals surface area contributed by atoms with E-state index in [0.29, 0.717) is 19.0 Å². The Morgan fingerprint density at radius 2 is 2.22 bits per heavy atom. The minimum Gasteiger partial charge on any atom is -0.361 e. The first-order valence-electron chi connectivity index (χ1n) is 6.47. The Balaban J connectivity index is 1.79. The highest BCUT2D eigenvalue weighted by Gasteiger charge is 2.21. The van der Waals surface area contributed by atoms with Crippen LogP contribution in [0.2, 0.25) is 0 Å². The molecule has 1 heterocycles. The highest BCUT2D eigenvalue weighted by atomic mass is 16.5. The van der Waals surface area contributed by atoms with Crippen LogP contribution < -0.4 is 5.32 Å². The van der Waals surface area contributed by atoms with Crippen molar-refractivity contribution < 1.29 is 9.32 Å². The summed E-state index contributed by atoms with van der Waals surface area (Å²) in [7, 11) is 1.82. The van der Waals surface area contributed by atoms with Gasteiger partial charge in [0.05, 0.1) is 12.2 Å². The Bertz CT molecular complexity index is 404. The number of carbonyl (C=O) groups is 1. The van der Waals surface area contributed by atoms with Crippen LogP contribution in [0, 0.1) is 13.8 Å². The van der Waals surface area contributed by atoms with Crippen molar-refractivity contribution in [2.24, 2.45) is 0 Å². The van der Waals surface area contributed by atoms with Crippen molar-refractivity contribution in [2.75, 3.05) is 13.6 Å². The number of nitrogens with one attached hydrogen (secondary N) is 1. The van der Waals surface area contributed by atoms with Crippen LogP contribution in [0.15, 0.2) is 4.52 Å². The van der Waals surface area contributed by atoms with Gasteiger partial charge in [-0.2, -0.15) is 0 Å². The highest BCUT2D eigenvalue weighted by Crippen LogP contribution is 2.18. The van der Waals surface area contributed by atoms with E-state index in [1.165, 1.54) is 12.8 Å². The molecule has 0 bridgehead atoms. The third-order valence-electron chi connectivity index (χ3n) is 3.35. The Morgan fingerprint density at radius 3 is 2.78 bits per heavy atom. The van der Waals surface area contributed by atoms with E-state index in [0.717, 1.165) is 23.6 Å². The van der Waals surface area contributed by atoms with E-state index in [1.807, 2.05) is 20.9 Å². The van der Waals surface area contributed by atoms with Gasteiger partial charge in [0.2, 0.25) is 5.91 Å². The van der Waals surface area contributed by atoms with E-state index in [9.17, 15) is 4.79 Å². The third kappa shape index (κ3) is 3.32. The fourth-order valence-corrected chi connectivity index (χ4v) is 1.91. The average molecular weight is 251 g/mol. The summed E-state index contributed by atoms with van der Waals surface area (Å²) in [5.41, 5.74) is 1.88. The maximum Gasteiger partial charge on any atom is 0.223 e. The van der Waals surface area contributed by atoms with Crippen LogP contribution in [-0.2, 0) is 11.3 Å². The van der Waals surface area contributed by atoms with Crippen LogP contribution in [0.3, 0.4) is 0 Å². The number of aryl methyl sites for hydroxylation is 2. The molecule has 1 aliphatic rings. The van der Waals surface area contributed by atoms with Gasteiger partial charge in [0.1, 0.15) is 5.76 Å². The summed E-state index contributed by atoms with van der Waals surface area (Å²) in [4.78, 5) is 13.7. The number of carbonyl (C=O) groups excluding carboxylic acids is 1. The first kappa shape index (κ1) is 13.1. The van der Waals surface area contributed by atoms with Crippen LogP contribution in [0.4, 0.5) is 0 Å². The average Bonchev–Trinajstić information content (AvgIpc) is 3.11. The third-order valence-corrected chi connectivity index (χ3v) is 3.35. The predicted molar refractivity (Wildman–Crippen MR) is 68.1 cm³/mol. The molecular weight excluding hydrogens is 230 g/mol. The number of rotatable bonds is 6. The highest BCUT2D eigenvalue weighted by molar-refractivity contribution is 5.76. The normalized spacial score (nSPS) is 14.8. The maximum atomic E-state index is 11.9. The molecule has 0 atom stereocenters. The van der Waals surface area contributed by atoms with Crippen LogP contribution in [0.25, 0.3) is 0 Å². The fraction of sp³-hybridized carbons (Fsp3) is 0.692.